The first-order chi connectivity index (χ1) is 5.38. The number of hydrogen-bond donors (Lipinski definition) is 1. The lowest BCUT2D eigenvalue weighted by molar-refractivity contribution is 0.146. The fourth-order valence-electron chi connectivity index (χ4n) is 2.99. The standard InChI is InChI=1S/C10H19N/c11-10-7-3-5-8-4-1-2-6-9(8)10/h8-10H,1-7,11H2/t8-,9-,10-/m0/s1. The van der Waals surface area contributed by atoms with Crippen molar-refractivity contribution in [2.45, 2.75) is 51.0 Å². The highest BCUT2D eigenvalue weighted by Crippen LogP contribution is 2.39. The average molecular weight is 153 g/mol. The van der Waals surface area contributed by atoms with Gasteiger partial charge in [0.05, 0.1) is 0 Å². The van der Waals surface area contributed by atoms with Crippen molar-refractivity contribution < 1.29 is 0 Å². The van der Waals surface area contributed by atoms with Crippen molar-refractivity contribution in [3.63, 3.8) is 0 Å². The van der Waals surface area contributed by atoms with Gasteiger partial charge in [-0.05, 0) is 24.7 Å². The summed E-state index contributed by atoms with van der Waals surface area (Å²) in [6.45, 7) is 0. The predicted octanol–water partition coefficient (Wildman–Crippen LogP) is 2.30. The summed E-state index contributed by atoms with van der Waals surface area (Å²) in [5.41, 5.74) is 6.09. The van der Waals surface area contributed by atoms with Crippen LogP contribution in [0.25, 0.3) is 0 Å². The van der Waals surface area contributed by atoms with Crippen LogP contribution in [0, 0.1) is 11.8 Å². The van der Waals surface area contributed by atoms with E-state index in [0.29, 0.717) is 6.04 Å². The molecule has 0 spiro atoms. The molecule has 0 saturated heterocycles. The van der Waals surface area contributed by atoms with Gasteiger partial charge in [0.15, 0.2) is 0 Å². The zero-order valence-electron chi connectivity index (χ0n) is 7.26. The Labute approximate surface area is 69.4 Å². The van der Waals surface area contributed by atoms with Crippen LogP contribution in [0.1, 0.15) is 44.9 Å². The lowest BCUT2D eigenvalue weighted by atomic mass is 9.69. The first-order valence-corrected chi connectivity index (χ1v) is 5.13. The summed E-state index contributed by atoms with van der Waals surface area (Å²) >= 11 is 0. The largest absolute Gasteiger partial charge is 0.327 e. The molecule has 0 aromatic rings. The number of rotatable bonds is 0. The molecule has 0 aliphatic heterocycles. The zero-order chi connectivity index (χ0) is 7.68. The summed E-state index contributed by atoms with van der Waals surface area (Å²) in [6, 6.07) is 0.550. The minimum absolute atomic E-state index is 0.550. The van der Waals surface area contributed by atoms with Crippen LogP contribution in [0.5, 0.6) is 0 Å². The molecular weight excluding hydrogens is 134 g/mol. The van der Waals surface area contributed by atoms with Crippen LogP contribution in [0.4, 0.5) is 0 Å². The molecule has 2 rings (SSSR count). The molecule has 1 heteroatoms. The van der Waals surface area contributed by atoms with Crippen LogP contribution in [0.15, 0.2) is 0 Å². The van der Waals surface area contributed by atoms with E-state index < -0.39 is 0 Å². The van der Waals surface area contributed by atoms with Crippen LogP contribution in [0.2, 0.25) is 0 Å². The van der Waals surface area contributed by atoms with E-state index in [1.54, 1.807) is 0 Å². The van der Waals surface area contributed by atoms with E-state index in [1.165, 1.54) is 44.9 Å². The molecule has 0 heterocycles. The average Bonchev–Trinajstić information content (AvgIpc) is 2.06. The molecule has 0 bridgehead atoms. The van der Waals surface area contributed by atoms with Crippen LogP contribution >= 0.6 is 0 Å². The van der Waals surface area contributed by atoms with Crippen LogP contribution in [0.3, 0.4) is 0 Å². The Morgan fingerprint density at radius 1 is 0.818 bits per heavy atom. The third-order valence-electron chi connectivity index (χ3n) is 3.63. The summed E-state index contributed by atoms with van der Waals surface area (Å²) in [5.74, 6) is 1.91. The highest BCUT2D eigenvalue weighted by molar-refractivity contribution is 4.86. The Kier molecular flexibility index (Phi) is 2.17. The van der Waals surface area contributed by atoms with Crippen molar-refractivity contribution in [2.75, 3.05) is 0 Å². The van der Waals surface area contributed by atoms with E-state index in [1.807, 2.05) is 0 Å². The monoisotopic (exact) mass is 153 g/mol. The van der Waals surface area contributed by atoms with Gasteiger partial charge < -0.3 is 5.73 Å². The molecule has 2 aliphatic carbocycles. The molecule has 3 atom stereocenters. The van der Waals surface area contributed by atoms with Gasteiger partial charge in [-0.3, -0.25) is 0 Å². The van der Waals surface area contributed by atoms with Crippen molar-refractivity contribution >= 4 is 0 Å². The highest BCUT2D eigenvalue weighted by atomic mass is 14.7. The van der Waals surface area contributed by atoms with Gasteiger partial charge in [0.2, 0.25) is 0 Å². The van der Waals surface area contributed by atoms with Gasteiger partial charge in [0, 0.05) is 6.04 Å². The smallest absolute Gasteiger partial charge is 0.00698 e. The second kappa shape index (κ2) is 3.14. The molecule has 2 N–H and O–H groups in total. The van der Waals surface area contributed by atoms with E-state index >= 15 is 0 Å². The second-order valence-electron chi connectivity index (χ2n) is 4.30. The molecule has 0 amide bonds. The number of nitrogens with two attached hydrogens (primary N) is 1. The lowest BCUT2D eigenvalue weighted by Gasteiger charge is -2.39. The maximum atomic E-state index is 6.09. The SMILES string of the molecule is N[C@H]1CCC[C@@H]2CCCC[C@@H]21. The van der Waals surface area contributed by atoms with E-state index in [0.717, 1.165) is 11.8 Å². The fourth-order valence-corrected chi connectivity index (χ4v) is 2.99. The molecule has 11 heavy (non-hydrogen) atoms. The lowest BCUT2D eigenvalue weighted by Crippen LogP contribution is -2.40. The Morgan fingerprint density at radius 3 is 2.36 bits per heavy atom. The number of fused-ring (bicyclic) bond motifs is 1. The fraction of sp³-hybridized carbons (Fsp3) is 1.00. The quantitative estimate of drug-likeness (QED) is 0.568. The Hall–Kier alpha value is -0.0400. The van der Waals surface area contributed by atoms with Gasteiger partial charge in [-0.15, -0.1) is 0 Å². The molecule has 0 aromatic heterocycles. The molecule has 0 aromatic carbocycles. The number of hydrogen-bond acceptors (Lipinski definition) is 1. The maximum Gasteiger partial charge on any atom is 0.00698 e. The summed E-state index contributed by atoms with van der Waals surface area (Å²) in [4.78, 5) is 0. The van der Waals surface area contributed by atoms with Gasteiger partial charge >= 0.3 is 0 Å². The van der Waals surface area contributed by atoms with Gasteiger partial charge in [-0.1, -0.05) is 32.1 Å². The first-order valence-electron chi connectivity index (χ1n) is 5.13. The molecule has 2 aliphatic rings. The summed E-state index contributed by atoms with van der Waals surface area (Å²) in [5, 5.41) is 0. The molecule has 2 saturated carbocycles. The molecule has 0 radical (unpaired) electrons. The molecule has 64 valence electrons. The van der Waals surface area contributed by atoms with Crippen molar-refractivity contribution in [1.82, 2.24) is 0 Å². The third-order valence-corrected chi connectivity index (χ3v) is 3.63. The van der Waals surface area contributed by atoms with E-state index in [4.69, 9.17) is 5.73 Å². The Morgan fingerprint density at radius 2 is 1.55 bits per heavy atom. The third kappa shape index (κ3) is 1.44. The zero-order valence-corrected chi connectivity index (χ0v) is 7.26. The van der Waals surface area contributed by atoms with E-state index in [-0.39, 0.29) is 0 Å². The first kappa shape index (κ1) is 7.60. The van der Waals surface area contributed by atoms with E-state index in [9.17, 15) is 0 Å². The van der Waals surface area contributed by atoms with Gasteiger partial charge in [0.25, 0.3) is 0 Å². The van der Waals surface area contributed by atoms with Crippen molar-refractivity contribution in [1.29, 1.82) is 0 Å². The maximum absolute atomic E-state index is 6.09. The van der Waals surface area contributed by atoms with Gasteiger partial charge in [-0.2, -0.15) is 0 Å². The molecule has 0 unspecified atom stereocenters. The molecule has 2 fully saturated rings. The normalized spacial score (nSPS) is 45.0. The van der Waals surface area contributed by atoms with Gasteiger partial charge in [-0.25, -0.2) is 0 Å². The van der Waals surface area contributed by atoms with Crippen LogP contribution in [-0.4, -0.2) is 6.04 Å². The summed E-state index contributed by atoms with van der Waals surface area (Å²) in [6.07, 6.45) is 9.95. The Balaban J connectivity index is 1.99. The summed E-state index contributed by atoms with van der Waals surface area (Å²) in [7, 11) is 0. The van der Waals surface area contributed by atoms with Crippen molar-refractivity contribution in [3.05, 3.63) is 0 Å². The van der Waals surface area contributed by atoms with Crippen LogP contribution in [-0.2, 0) is 0 Å². The second-order valence-corrected chi connectivity index (χ2v) is 4.30. The highest BCUT2D eigenvalue weighted by Gasteiger charge is 2.32. The van der Waals surface area contributed by atoms with Crippen LogP contribution < -0.4 is 5.73 Å². The topological polar surface area (TPSA) is 26.0 Å². The summed E-state index contributed by atoms with van der Waals surface area (Å²) < 4.78 is 0. The molecular formula is C10H19N. The molecule has 1 nitrogen and oxygen atoms in total. The minimum atomic E-state index is 0.550. The van der Waals surface area contributed by atoms with Crippen molar-refractivity contribution in [2.24, 2.45) is 17.6 Å². The Bertz CT molecular complexity index is 131. The van der Waals surface area contributed by atoms with E-state index in [2.05, 4.69) is 0 Å². The predicted molar refractivity (Wildman–Crippen MR) is 47.3 cm³/mol. The van der Waals surface area contributed by atoms with Crippen molar-refractivity contribution in [3.8, 4) is 0 Å². The van der Waals surface area contributed by atoms with Gasteiger partial charge in [0.1, 0.15) is 0 Å². The minimum Gasteiger partial charge on any atom is -0.327 e.